The number of ether oxygens (including phenoxy) is 1. The number of rotatable bonds is 4. The maximum Gasteiger partial charge on any atom is 0.195 e. The van der Waals surface area contributed by atoms with Crippen molar-refractivity contribution in [1.82, 2.24) is 4.98 Å². The molecule has 1 atom stereocenters. The third-order valence-corrected chi connectivity index (χ3v) is 6.03. The van der Waals surface area contributed by atoms with E-state index in [0.29, 0.717) is 27.5 Å². The van der Waals surface area contributed by atoms with Gasteiger partial charge in [-0.1, -0.05) is 43.4 Å². The van der Waals surface area contributed by atoms with Crippen LogP contribution in [0, 0.1) is 11.8 Å². The molecule has 172 valence electrons. The first-order chi connectivity index (χ1) is 15.4. The van der Waals surface area contributed by atoms with Crippen LogP contribution in [-0.4, -0.2) is 51.0 Å². The van der Waals surface area contributed by atoms with Crippen LogP contribution in [-0.2, 0) is 5.41 Å². The summed E-state index contributed by atoms with van der Waals surface area (Å²) in [6, 6.07) is 8.84. The largest absolute Gasteiger partial charge is 0.489 e. The second-order valence-electron chi connectivity index (χ2n) is 9.37. The van der Waals surface area contributed by atoms with E-state index in [1.54, 1.807) is 38.1 Å². The van der Waals surface area contributed by atoms with Crippen LogP contribution in [0.4, 0.5) is 0 Å². The molecule has 6 nitrogen and oxygen atoms in total. The Kier molecular flexibility index (Phi) is 5.80. The fourth-order valence-corrected chi connectivity index (χ4v) is 4.28. The maximum absolute atomic E-state index is 13.7. The molecule has 3 aromatic rings. The smallest absolute Gasteiger partial charge is 0.195 e. The lowest BCUT2D eigenvalue weighted by molar-refractivity contribution is 0.0534. The number of ketones is 1. The van der Waals surface area contributed by atoms with Crippen LogP contribution in [0.3, 0.4) is 0 Å². The number of H-pyrrole nitrogens is 1. The Bertz CT molecular complexity index is 1320. The monoisotopic (exact) mass is 467 g/mol. The fourth-order valence-electron chi connectivity index (χ4n) is 4.10. The van der Waals surface area contributed by atoms with E-state index in [9.17, 15) is 15.0 Å². The number of halogens is 1. The Morgan fingerprint density at radius 2 is 1.97 bits per heavy atom. The molecule has 4 rings (SSSR count). The number of fused-ring (bicyclic) bond motifs is 4. The highest BCUT2D eigenvalue weighted by Gasteiger charge is 2.40. The summed E-state index contributed by atoms with van der Waals surface area (Å²) in [6.07, 6.45) is -1.06. The summed E-state index contributed by atoms with van der Waals surface area (Å²) in [4.78, 5) is 17.0. The molecule has 0 amide bonds. The van der Waals surface area contributed by atoms with Gasteiger partial charge in [0.25, 0.3) is 0 Å². The second-order valence-corrected chi connectivity index (χ2v) is 9.81. The van der Waals surface area contributed by atoms with Crippen LogP contribution in [0.1, 0.15) is 60.4 Å². The average Bonchev–Trinajstić information content (AvgIpc) is 3.13. The first kappa shape index (κ1) is 23.3. The van der Waals surface area contributed by atoms with E-state index in [1.807, 2.05) is 19.9 Å². The van der Waals surface area contributed by atoms with Gasteiger partial charge in [-0.25, -0.2) is 0 Å². The molecule has 33 heavy (non-hydrogen) atoms. The number of carbonyl (C=O) groups excluding carboxylic acids is 1. The number of hydrogen-bond donors (Lipinski definition) is 4. The van der Waals surface area contributed by atoms with Gasteiger partial charge in [0.05, 0.1) is 17.7 Å². The summed E-state index contributed by atoms with van der Waals surface area (Å²) in [7, 11) is 0. The number of aliphatic hydroxyl groups excluding tert-OH is 2. The molecule has 0 saturated carbocycles. The lowest BCUT2D eigenvalue weighted by Gasteiger charge is -2.32. The molecule has 1 heterocycles. The number of nitrogens with one attached hydrogen (secondary N) is 1. The summed E-state index contributed by atoms with van der Waals surface area (Å²) in [5, 5.41) is 30.4. The van der Waals surface area contributed by atoms with Gasteiger partial charge in [-0.15, -0.1) is 0 Å². The van der Waals surface area contributed by atoms with E-state index >= 15 is 0 Å². The molecular weight excluding hydrogens is 442 g/mol. The predicted molar refractivity (Wildman–Crippen MR) is 127 cm³/mol. The normalized spacial score (nSPS) is 15.5. The molecule has 1 aliphatic rings. The van der Waals surface area contributed by atoms with Gasteiger partial charge in [0.2, 0.25) is 0 Å². The van der Waals surface area contributed by atoms with Crippen LogP contribution in [0.2, 0.25) is 5.02 Å². The molecule has 1 unspecified atom stereocenters. The highest BCUT2D eigenvalue weighted by Crippen LogP contribution is 2.45. The molecule has 4 N–H and O–H groups in total. The summed E-state index contributed by atoms with van der Waals surface area (Å²) in [6.45, 7) is 6.57. The molecule has 7 heteroatoms. The van der Waals surface area contributed by atoms with E-state index in [0.717, 1.165) is 22.2 Å². The number of aromatic nitrogens is 1. The molecule has 0 spiro atoms. The maximum atomic E-state index is 13.7. The topological polar surface area (TPSA) is 103 Å². The summed E-state index contributed by atoms with van der Waals surface area (Å²) < 4.78 is 5.78. The lowest BCUT2D eigenvalue weighted by atomic mass is 9.71. The molecule has 0 radical (unpaired) electrons. The zero-order valence-corrected chi connectivity index (χ0v) is 19.7. The third kappa shape index (κ3) is 4.25. The summed E-state index contributed by atoms with van der Waals surface area (Å²) >= 11 is 6.17. The van der Waals surface area contributed by atoms with Crippen molar-refractivity contribution >= 4 is 28.3 Å². The first-order valence-electron chi connectivity index (χ1n) is 10.6. The van der Waals surface area contributed by atoms with Crippen LogP contribution < -0.4 is 4.74 Å². The van der Waals surface area contributed by atoms with Crippen LogP contribution in [0.5, 0.6) is 5.75 Å². The van der Waals surface area contributed by atoms with E-state index in [-0.39, 0.29) is 12.4 Å². The Morgan fingerprint density at radius 3 is 2.64 bits per heavy atom. The first-order valence-corrected chi connectivity index (χ1v) is 11.0. The summed E-state index contributed by atoms with van der Waals surface area (Å²) in [5.74, 6) is 5.89. The van der Waals surface area contributed by atoms with E-state index < -0.39 is 23.7 Å². The second kappa shape index (κ2) is 8.19. The molecule has 0 aliphatic heterocycles. The van der Waals surface area contributed by atoms with Crippen molar-refractivity contribution in [2.45, 2.75) is 44.8 Å². The molecule has 0 saturated heterocycles. The standard InChI is InChI=1S/C26H26ClNO5/c1-25(2,32)8-7-14-9-18-19(11-21(14)33-13-16(30)12-29)26(3,4)24-22(23(18)31)17-6-5-15(27)10-20(17)28-24/h5-6,9-11,16,28-30,32H,12-13H2,1-4H3. The minimum Gasteiger partial charge on any atom is -0.489 e. The van der Waals surface area contributed by atoms with E-state index in [2.05, 4.69) is 16.8 Å². The molecular formula is C26H26ClNO5. The van der Waals surface area contributed by atoms with Gasteiger partial charge in [0.15, 0.2) is 5.78 Å². The molecule has 0 bridgehead atoms. The Labute approximate surface area is 197 Å². The van der Waals surface area contributed by atoms with Crippen LogP contribution in [0.15, 0.2) is 30.3 Å². The van der Waals surface area contributed by atoms with Gasteiger partial charge >= 0.3 is 0 Å². The SMILES string of the molecule is CC(C)(O)C#Cc1cc2c(cc1OCC(O)CO)C(C)(C)c1[nH]c3cc(Cl)ccc3c1C2=O. The molecule has 1 aliphatic carbocycles. The average molecular weight is 468 g/mol. The van der Waals surface area contributed by atoms with Crippen molar-refractivity contribution in [3.05, 3.63) is 63.3 Å². The van der Waals surface area contributed by atoms with Gasteiger partial charge in [0.1, 0.15) is 24.1 Å². The van der Waals surface area contributed by atoms with Gasteiger partial charge in [0, 0.05) is 32.6 Å². The third-order valence-electron chi connectivity index (χ3n) is 5.80. The minimum atomic E-state index is -1.25. The van der Waals surface area contributed by atoms with Gasteiger partial charge in [-0.05, 0) is 43.7 Å². The molecule has 2 aromatic carbocycles. The highest BCUT2D eigenvalue weighted by atomic mass is 35.5. The van der Waals surface area contributed by atoms with Crippen molar-refractivity contribution in [2.24, 2.45) is 0 Å². The Morgan fingerprint density at radius 1 is 1.24 bits per heavy atom. The van der Waals surface area contributed by atoms with Gasteiger partial charge < -0.3 is 25.0 Å². The zero-order chi connectivity index (χ0) is 24.1. The molecule has 1 aromatic heterocycles. The van der Waals surface area contributed by atoms with E-state index in [4.69, 9.17) is 21.4 Å². The number of hydrogen-bond acceptors (Lipinski definition) is 5. The zero-order valence-electron chi connectivity index (χ0n) is 18.9. The van der Waals surface area contributed by atoms with Gasteiger partial charge in [-0.2, -0.15) is 0 Å². The van der Waals surface area contributed by atoms with Crippen molar-refractivity contribution in [2.75, 3.05) is 13.2 Å². The fraction of sp³-hybridized carbons (Fsp3) is 0.346. The quantitative estimate of drug-likeness (QED) is 0.439. The Balaban J connectivity index is 1.93. The van der Waals surface area contributed by atoms with Crippen molar-refractivity contribution in [3.63, 3.8) is 0 Å². The lowest BCUT2D eigenvalue weighted by Crippen LogP contribution is -2.31. The van der Waals surface area contributed by atoms with Crippen LogP contribution >= 0.6 is 11.6 Å². The van der Waals surface area contributed by atoms with Crippen molar-refractivity contribution < 1.29 is 24.9 Å². The molecule has 0 fully saturated rings. The van der Waals surface area contributed by atoms with Crippen molar-refractivity contribution in [1.29, 1.82) is 0 Å². The van der Waals surface area contributed by atoms with E-state index in [1.165, 1.54) is 0 Å². The minimum absolute atomic E-state index is 0.138. The highest BCUT2D eigenvalue weighted by molar-refractivity contribution is 6.31. The number of aliphatic hydroxyl groups is 3. The van der Waals surface area contributed by atoms with Crippen molar-refractivity contribution in [3.8, 4) is 17.6 Å². The number of benzene rings is 2. The van der Waals surface area contributed by atoms with Gasteiger partial charge in [-0.3, -0.25) is 4.79 Å². The number of carbonyl (C=O) groups is 1. The Hall–Kier alpha value is -2.82. The predicted octanol–water partition coefficient (Wildman–Crippen LogP) is 3.55. The summed E-state index contributed by atoms with van der Waals surface area (Å²) in [5.41, 5.74) is 2.02. The number of aromatic amines is 1. The van der Waals surface area contributed by atoms with Crippen LogP contribution in [0.25, 0.3) is 10.9 Å².